The van der Waals surface area contributed by atoms with Gasteiger partial charge in [-0.15, -0.1) is 0 Å². The van der Waals surface area contributed by atoms with Crippen LogP contribution in [0.1, 0.15) is 26.5 Å². The van der Waals surface area contributed by atoms with Gasteiger partial charge in [-0.25, -0.2) is 8.42 Å². The molecule has 12 heteroatoms. The van der Waals surface area contributed by atoms with E-state index in [2.05, 4.69) is 31.3 Å². The third-order valence-electron chi connectivity index (χ3n) is 6.50. The van der Waals surface area contributed by atoms with Gasteiger partial charge >= 0.3 is 0 Å². The molecule has 10 nitrogen and oxygen atoms in total. The second-order valence-corrected chi connectivity index (χ2v) is 12.0. The largest absolute Gasteiger partial charge is 0.379 e. The zero-order valence-corrected chi connectivity index (χ0v) is 22.9. The summed E-state index contributed by atoms with van der Waals surface area (Å²) in [7, 11) is -3.86. The summed E-state index contributed by atoms with van der Waals surface area (Å²) in [5.41, 5.74) is 1.64. The van der Waals surface area contributed by atoms with Gasteiger partial charge in [-0.2, -0.15) is 9.40 Å². The Kier molecular flexibility index (Phi) is 7.09. The Balaban J connectivity index is 1.46. The van der Waals surface area contributed by atoms with Gasteiger partial charge in [0.15, 0.2) is 5.79 Å². The quantitative estimate of drug-likeness (QED) is 0.454. The summed E-state index contributed by atoms with van der Waals surface area (Å²) in [6.45, 7) is 8.06. The number of halogens is 1. The van der Waals surface area contributed by atoms with Gasteiger partial charge in [-0.3, -0.25) is 9.67 Å². The van der Waals surface area contributed by atoms with Crippen molar-refractivity contribution in [3.8, 4) is 0 Å². The number of nitrogens with one attached hydrogen (secondary N) is 1. The standard InChI is InChI=1S/C24H30BrN5O5S/c1-4-29-13-18(25)20(28-29)12-27-19-5-6-23(16-7-8-26-11-17(16)19)36(31,32)30-9-10-33-14-21(30)22-15-34-24(2,3)35-22/h5-8,11,13,21-22,27H,4,9-10,12,14-15H2,1-3H3/t21-,22+/m1/s1. The second kappa shape index (κ2) is 9.99. The SMILES string of the molecule is CCn1cc(Br)c(CNc2ccc(S(=O)(=O)N3CCOC[C@@H]3[C@@H]3COC(C)(C)O3)c3ccncc23)n1. The minimum absolute atomic E-state index is 0.229. The highest BCUT2D eigenvalue weighted by Crippen LogP contribution is 2.35. The molecule has 1 N–H and O–H groups in total. The number of hydrogen-bond donors (Lipinski definition) is 1. The van der Waals surface area contributed by atoms with Crippen LogP contribution in [-0.2, 0) is 37.3 Å². The van der Waals surface area contributed by atoms with Crippen molar-refractivity contribution in [1.82, 2.24) is 19.1 Å². The number of nitrogens with zero attached hydrogens (tertiary/aromatic N) is 4. The molecule has 2 atom stereocenters. The third kappa shape index (κ3) is 4.90. The molecule has 0 saturated carbocycles. The van der Waals surface area contributed by atoms with E-state index in [0.29, 0.717) is 25.1 Å². The van der Waals surface area contributed by atoms with Gasteiger partial charge in [-0.05, 0) is 54.9 Å². The highest BCUT2D eigenvalue weighted by Gasteiger charge is 2.45. The molecule has 0 spiro atoms. The van der Waals surface area contributed by atoms with Crippen molar-refractivity contribution in [3.63, 3.8) is 0 Å². The molecule has 2 aromatic heterocycles. The number of hydrogen-bond acceptors (Lipinski definition) is 8. The highest BCUT2D eigenvalue weighted by atomic mass is 79.9. The normalized spacial score (nSPS) is 22.8. The maximum atomic E-state index is 14.0. The zero-order valence-electron chi connectivity index (χ0n) is 20.5. The Labute approximate surface area is 219 Å². The van der Waals surface area contributed by atoms with Crippen molar-refractivity contribution in [2.45, 2.75) is 56.7 Å². The Morgan fingerprint density at radius 3 is 2.78 bits per heavy atom. The summed E-state index contributed by atoms with van der Waals surface area (Å²) in [5.74, 6) is -0.759. The van der Waals surface area contributed by atoms with Crippen LogP contribution in [0.2, 0.25) is 0 Å². The van der Waals surface area contributed by atoms with Crippen LogP contribution in [-0.4, -0.2) is 71.8 Å². The van der Waals surface area contributed by atoms with Crippen LogP contribution >= 0.6 is 15.9 Å². The monoisotopic (exact) mass is 579 g/mol. The smallest absolute Gasteiger partial charge is 0.244 e. The van der Waals surface area contributed by atoms with Crippen LogP contribution < -0.4 is 5.32 Å². The van der Waals surface area contributed by atoms with E-state index < -0.39 is 28.0 Å². The Morgan fingerprint density at radius 2 is 2.06 bits per heavy atom. The zero-order chi connectivity index (χ0) is 25.5. The number of aromatic nitrogens is 3. The van der Waals surface area contributed by atoms with Crippen LogP contribution in [0.3, 0.4) is 0 Å². The molecule has 3 aromatic rings. The maximum absolute atomic E-state index is 14.0. The maximum Gasteiger partial charge on any atom is 0.244 e. The predicted octanol–water partition coefficient (Wildman–Crippen LogP) is 3.37. The van der Waals surface area contributed by atoms with Crippen molar-refractivity contribution < 1.29 is 22.6 Å². The molecule has 0 aliphatic carbocycles. The van der Waals surface area contributed by atoms with Gasteiger partial charge in [-0.1, -0.05) is 0 Å². The van der Waals surface area contributed by atoms with Crippen molar-refractivity contribution in [1.29, 1.82) is 0 Å². The van der Waals surface area contributed by atoms with Gasteiger partial charge in [0.05, 0.1) is 47.5 Å². The first-order valence-electron chi connectivity index (χ1n) is 11.9. The van der Waals surface area contributed by atoms with Gasteiger partial charge < -0.3 is 19.5 Å². The molecule has 2 aliphatic heterocycles. The van der Waals surface area contributed by atoms with Crippen molar-refractivity contribution in [2.24, 2.45) is 0 Å². The highest BCUT2D eigenvalue weighted by molar-refractivity contribution is 9.10. The molecule has 0 unspecified atom stereocenters. The van der Waals surface area contributed by atoms with E-state index >= 15 is 0 Å². The number of anilines is 1. The number of sulfonamides is 1. The molecule has 2 fully saturated rings. The molecule has 0 amide bonds. The topological polar surface area (TPSA) is 108 Å². The van der Waals surface area contributed by atoms with E-state index in [-0.39, 0.29) is 18.0 Å². The number of aryl methyl sites for hydroxylation is 1. The lowest BCUT2D eigenvalue weighted by atomic mass is 10.1. The van der Waals surface area contributed by atoms with E-state index in [9.17, 15) is 8.42 Å². The first-order chi connectivity index (χ1) is 17.2. The minimum atomic E-state index is -3.86. The number of rotatable bonds is 7. The molecule has 0 radical (unpaired) electrons. The molecule has 36 heavy (non-hydrogen) atoms. The summed E-state index contributed by atoms with van der Waals surface area (Å²) >= 11 is 3.55. The summed E-state index contributed by atoms with van der Waals surface area (Å²) in [6, 6.07) is 4.70. The van der Waals surface area contributed by atoms with Crippen LogP contribution in [0.5, 0.6) is 0 Å². The molecule has 1 aromatic carbocycles. The number of pyridine rings is 1. The first-order valence-corrected chi connectivity index (χ1v) is 14.2. The molecule has 4 heterocycles. The second-order valence-electron chi connectivity index (χ2n) is 9.29. The van der Waals surface area contributed by atoms with E-state index in [1.54, 1.807) is 30.6 Å². The molecule has 5 rings (SSSR count). The van der Waals surface area contributed by atoms with Gasteiger partial charge in [0, 0.05) is 48.1 Å². The van der Waals surface area contributed by atoms with Crippen molar-refractivity contribution >= 4 is 42.4 Å². The van der Waals surface area contributed by atoms with Crippen molar-refractivity contribution in [2.75, 3.05) is 31.7 Å². The first kappa shape index (κ1) is 25.6. The molecule has 194 valence electrons. The van der Waals surface area contributed by atoms with E-state index in [1.807, 2.05) is 31.6 Å². The number of benzene rings is 1. The number of ether oxygens (including phenoxy) is 3. The minimum Gasteiger partial charge on any atom is -0.379 e. The molecular weight excluding hydrogens is 550 g/mol. The molecule has 0 bridgehead atoms. The lowest BCUT2D eigenvalue weighted by molar-refractivity contribution is -0.150. The van der Waals surface area contributed by atoms with Crippen LogP contribution in [0.25, 0.3) is 10.8 Å². The molecule has 2 saturated heterocycles. The van der Waals surface area contributed by atoms with Crippen molar-refractivity contribution in [3.05, 3.63) is 47.0 Å². The summed E-state index contributed by atoms with van der Waals surface area (Å²) in [5, 5.41) is 9.26. The Morgan fingerprint density at radius 1 is 1.22 bits per heavy atom. The number of morpholine rings is 1. The lowest BCUT2D eigenvalue weighted by Gasteiger charge is -2.37. The van der Waals surface area contributed by atoms with E-state index in [4.69, 9.17) is 14.2 Å². The average molecular weight is 581 g/mol. The summed E-state index contributed by atoms with van der Waals surface area (Å²) < 4.78 is 49.7. The number of fused-ring (bicyclic) bond motifs is 1. The lowest BCUT2D eigenvalue weighted by Crippen LogP contribution is -2.55. The van der Waals surface area contributed by atoms with E-state index in [0.717, 1.165) is 27.8 Å². The fourth-order valence-electron chi connectivity index (χ4n) is 4.67. The third-order valence-corrected chi connectivity index (χ3v) is 9.14. The Hall–Kier alpha value is -2.09. The van der Waals surface area contributed by atoms with Crippen LogP contribution in [0, 0.1) is 0 Å². The fourth-order valence-corrected chi connectivity index (χ4v) is 6.94. The Bertz CT molecular complexity index is 1360. The average Bonchev–Trinajstić information content (AvgIpc) is 3.43. The van der Waals surface area contributed by atoms with Crippen LogP contribution in [0.15, 0.2) is 46.2 Å². The predicted molar refractivity (Wildman–Crippen MR) is 138 cm³/mol. The van der Waals surface area contributed by atoms with Crippen LogP contribution in [0.4, 0.5) is 5.69 Å². The van der Waals surface area contributed by atoms with Gasteiger partial charge in [0.2, 0.25) is 10.0 Å². The molecule has 2 aliphatic rings. The fraction of sp³-hybridized carbons (Fsp3) is 0.500. The van der Waals surface area contributed by atoms with E-state index in [1.165, 1.54) is 4.31 Å². The summed E-state index contributed by atoms with van der Waals surface area (Å²) in [4.78, 5) is 4.49. The summed E-state index contributed by atoms with van der Waals surface area (Å²) in [6.07, 6.45) is 4.82. The van der Waals surface area contributed by atoms with Gasteiger partial charge in [0.25, 0.3) is 0 Å². The van der Waals surface area contributed by atoms with Gasteiger partial charge in [0.1, 0.15) is 6.10 Å². The molecular formula is C24H30BrN5O5S.